The maximum absolute atomic E-state index is 13.1. The van der Waals surface area contributed by atoms with Gasteiger partial charge in [-0.15, -0.1) is 0 Å². The standard InChI is InChI=1S/C19H19FN4O/c20-17-6-4-5-15(11-17)9-10-21-19(25)22-12-16-13-23-24(14-16)18-7-2-1-3-8-18/h1-8,11,13-14H,9-10,12H2,(H2,21,22,25). The molecule has 2 N–H and O–H groups in total. The van der Waals surface area contributed by atoms with Crippen LogP contribution in [-0.4, -0.2) is 22.4 Å². The Labute approximate surface area is 145 Å². The summed E-state index contributed by atoms with van der Waals surface area (Å²) in [4.78, 5) is 11.8. The van der Waals surface area contributed by atoms with Crippen molar-refractivity contribution >= 4 is 6.03 Å². The molecule has 3 aromatic rings. The molecule has 1 aromatic heterocycles. The molecule has 0 unspecified atom stereocenters. The zero-order valence-electron chi connectivity index (χ0n) is 13.7. The van der Waals surface area contributed by atoms with Crippen molar-refractivity contribution in [3.05, 3.63) is 83.9 Å². The van der Waals surface area contributed by atoms with Gasteiger partial charge in [0.25, 0.3) is 0 Å². The van der Waals surface area contributed by atoms with Gasteiger partial charge in [0.2, 0.25) is 0 Å². The monoisotopic (exact) mass is 338 g/mol. The van der Waals surface area contributed by atoms with Crippen molar-refractivity contribution in [3.8, 4) is 5.69 Å². The van der Waals surface area contributed by atoms with Crippen LogP contribution in [0.4, 0.5) is 9.18 Å². The van der Waals surface area contributed by atoms with Crippen molar-refractivity contribution in [1.82, 2.24) is 20.4 Å². The second-order valence-corrected chi connectivity index (χ2v) is 5.62. The molecule has 6 heteroatoms. The van der Waals surface area contributed by atoms with Crippen LogP contribution in [0, 0.1) is 5.82 Å². The first-order valence-electron chi connectivity index (χ1n) is 8.06. The van der Waals surface area contributed by atoms with Crippen LogP contribution < -0.4 is 10.6 Å². The molecule has 0 fully saturated rings. The minimum absolute atomic E-state index is 0.260. The van der Waals surface area contributed by atoms with Crippen molar-refractivity contribution in [1.29, 1.82) is 0 Å². The fourth-order valence-corrected chi connectivity index (χ4v) is 2.43. The summed E-state index contributed by atoms with van der Waals surface area (Å²) >= 11 is 0. The molecule has 0 aliphatic heterocycles. The van der Waals surface area contributed by atoms with Crippen LogP contribution in [0.3, 0.4) is 0 Å². The molecule has 0 saturated carbocycles. The Balaban J connectivity index is 1.43. The number of urea groups is 1. The third kappa shape index (κ3) is 4.91. The Bertz CT molecular complexity index is 832. The number of carbonyl (C=O) groups is 1. The minimum Gasteiger partial charge on any atom is -0.338 e. The predicted octanol–water partition coefficient (Wildman–Crippen LogP) is 3.05. The van der Waals surface area contributed by atoms with Crippen molar-refractivity contribution in [3.63, 3.8) is 0 Å². The lowest BCUT2D eigenvalue weighted by molar-refractivity contribution is 0.240. The number of amides is 2. The number of para-hydroxylation sites is 1. The average molecular weight is 338 g/mol. The highest BCUT2D eigenvalue weighted by Gasteiger charge is 2.04. The van der Waals surface area contributed by atoms with Crippen LogP contribution in [0.15, 0.2) is 67.0 Å². The molecule has 0 aliphatic carbocycles. The smallest absolute Gasteiger partial charge is 0.315 e. The molecule has 2 amide bonds. The van der Waals surface area contributed by atoms with Crippen LogP contribution in [0.1, 0.15) is 11.1 Å². The average Bonchev–Trinajstić information content (AvgIpc) is 3.10. The van der Waals surface area contributed by atoms with E-state index in [4.69, 9.17) is 0 Å². The van der Waals surface area contributed by atoms with Gasteiger partial charge >= 0.3 is 6.03 Å². The number of halogens is 1. The summed E-state index contributed by atoms with van der Waals surface area (Å²) in [6.45, 7) is 0.831. The van der Waals surface area contributed by atoms with Crippen LogP contribution in [0.5, 0.6) is 0 Å². The number of nitrogens with one attached hydrogen (secondary N) is 2. The SMILES string of the molecule is O=C(NCCc1cccc(F)c1)NCc1cnn(-c2ccccc2)c1. The molecule has 0 radical (unpaired) electrons. The molecule has 128 valence electrons. The number of carbonyl (C=O) groups excluding carboxylic acids is 1. The lowest BCUT2D eigenvalue weighted by Gasteiger charge is -2.07. The van der Waals surface area contributed by atoms with Crippen molar-refractivity contribution in [2.24, 2.45) is 0 Å². The Kier molecular flexibility index (Phi) is 5.41. The van der Waals surface area contributed by atoms with E-state index in [1.807, 2.05) is 42.6 Å². The van der Waals surface area contributed by atoms with Gasteiger partial charge in [-0.05, 0) is 36.2 Å². The molecule has 0 bridgehead atoms. The van der Waals surface area contributed by atoms with Gasteiger partial charge in [0.05, 0.1) is 11.9 Å². The first-order chi connectivity index (χ1) is 12.2. The first-order valence-corrected chi connectivity index (χ1v) is 8.06. The van der Waals surface area contributed by atoms with Crippen LogP contribution in [0.2, 0.25) is 0 Å². The summed E-state index contributed by atoms with van der Waals surface area (Å²) < 4.78 is 14.8. The van der Waals surface area contributed by atoms with Gasteiger partial charge in [0.15, 0.2) is 0 Å². The largest absolute Gasteiger partial charge is 0.338 e. The molecule has 1 heterocycles. The Hall–Kier alpha value is -3.15. The van der Waals surface area contributed by atoms with Crippen LogP contribution in [0.25, 0.3) is 5.69 Å². The maximum atomic E-state index is 13.1. The molecular formula is C19H19FN4O. The molecular weight excluding hydrogens is 319 g/mol. The van der Waals surface area contributed by atoms with E-state index >= 15 is 0 Å². The first kappa shape index (κ1) is 16.7. The van der Waals surface area contributed by atoms with Gasteiger partial charge in [-0.2, -0.15) is 5.10 Å². The highest BCUT2D eigenvalue weighted by molar-refractivity contribution is 5.73. The second-order valence-electron chi connectivity index (χ2n) is 5.62. The molecule has 3 rings (SSSR count). The lowest BCUT2D eigenvalue weighted by atomic mass is 10.1. The Morgan fingerprint density at radius 2 is 1.88 bits per heavy atom. The fourth-order valence-electron chi connectivity index (χ4n) is 2.43. The predicted molar refractivity (Wildman–Crippen MR) is 93.9 cm³/mol. The van der Waals surface area contributed by atoms with Gasteiger partial charge in [0.1, 0.15) is 5.82 Å². The highest BCUT2D eigenvalue weighted by Crippen LogP contribution is 2.07. The van der Waals surface area contributed by atoms with Gasteiger partial charge < -0.3 is 10.6 Å². The van der Waals surface area contributed by atoms with E-state index in [2.05, 4.69) is 15.7 Å². The quantitative estimate of drug-likeness (QED) is 0.726. The molecule has 2 aromatic carbocycles. The number of hydrogen-bond acceptors (Lipinski definition) is 2. The normalized spacial score (nSPS) is 10.4. The zero-order chi connectivity index (χ0) is 17.5. The van der Waals surface area contributed by atoms with E-state index in [0.29, 0.717) is 19.5 Å². The summed E-state index contributed by atoms with van der Waals surface area (Å²) in [7, 11) is 0. The summed E-state index contributed by atoms with van der Waals surface area (Å²) in [5.74, 6) is -0.266. The van der Waals surface area contributed by atoms with E-state index in [1.165, 1.54) is 12.1 Å². The molecule has 0 saturated heterocycles. The van der Waals surface area contributed by atoms with E-state index in [-0.39, 0.29) is 11.8 Å². The molecule has 0 aliphatic rings. The van der Waals surface area contributed by atoms with E-state index in [0.717, 1.165) is 16.8 Å². The van der Waals surface area contributed by atoms with Gasteiger partial charge in [-0.1, -0.05) is 30.3 Å². The summed E-state index contributed by atoms with van der Waals surface area (Å²) in [6, 6.07) is 15.9. The number of aromatic nitrogens is 2. The summed E-state index contributed by atoms with van der Waals surface area (Å²) in [5.41, 5.74) is 2.72. The van der Waals surface area contributed by atoms with Crippen molar-refractivity contribution in [2.75, 3.05) is 6.54 Å². The number of benzene rings is 2. The Morgan fingerprint density at radius 3 is 2.68 bits per heavy atom. The van der Waals surface area contributed by atoms with Gasteiger partial charge in [-0.3, -0.25) is 0 Å². The maximum Gasteiger partial charge on any atom is 0.315 e. The summed E-state index contributed by atoms with van der Waals surface area (Å²) in [5, 5.41) is 9.83. The van der Waals surface area contributed by atoms with Gasteiger partial charge in [0, 0.05) is 24.8 Å². The minimum atomic E-state index is -0.266. The van der Waals surface area contributed by atoms with Gasteiger partial charge in [-0.25, -0.2) is 13.9 Å². The topological polar surface area (TPSA) is 59.0 Å². The van der Waals surface area contributed by atoms with Crippen molar-refractivity contribution in [2.45, 2.75) is 13.0 Å². The van der Waals surface area contributed by atoms with E-state index < -0.39 is 0 Å². The number of nitrogens with zero attached hydrogens (tertiary/aromatic N) is 2. The van der Waals surface area contributed by atoms with E-state index in [9.17, 15) is 9.18 Å². The molecule has 25 heavy (non-hydrogen) atoms. The third-order valence-electron chi connectivity index (χ3n) is 3.70. The number of rotatable bonds is 6. The molecule has 0 atom stereocenters. The van der Waals surface area contributed by atoms with Crippen LogP contribution >= 0.6 is 0 Å². The Morgan fingerprint density at radius 1 is 1.04 bits per heavy atom. The van der Waals surface area contributed by atoms with E-state index in [1.54, 1.807) is 16.9 Å². The lowest BCUT2D eigenvalue weighted by Crippen LogP contribution is -2.36. The van der Waals surface area contributed by atoms with Crippen LogP contribution in [-0.2, 0) is 13.0 Å². The van der Waals surface area contributed by atoms with Crippen molar-refractivity contribution < 1.29 is 9.18 Å². The fraction of sp³-hybridized carbons (Fsp3) is 0.158. The second kappa shape index (κ2) is 8.10. The molecule has 5 nitrogen and oxygen atoms in total. The zero-order valence-corrected chi connectivity index (χ0v) is 13.7. The summed E-state index contributed by atoms with van der Waals surface area (Å²) in [6.07, 6.45) is 4.18. The highest BCUT2D eigenvalue weighted by atomic mass is 19.1. The third-order valence-corrected chi connectivity index (χ3v) is 3.70. The molecule has 0 spiro atoms. The number of hydrogen-bond donors (Lipinski definition) is 2.